The van der Waals surface area contributed by atoms with Crippen LogP contribution in [0.1, 0.15) is 0 Å². The highest BCUT2D eigenvalue weighted by Crippen LogP contribution is 2.43. The van der Waals surface area contributed by atoms with Gasteiger partial charge in [0.15, 0.2) is 11.6 Å². The van der Waals surface area contributed by atoms with Crippen LogP contribution in [0.25, 0.3) is 127 Å². The second kappa shape index (κ2) is 12.7. The first-order chi connectivity index (χ1) is 29.7. The number of nitrogens with zero attached hydrogens (tertiary/aromatic N) is 4. The van der Waals surface area contributed by atoms with E-state index < -0.39 is 0 Å². The van der Waals surface area contributed by atoms with Crippen molar-refractivity contribution in [3.63, 3.8) is 0 Å². The molecule has 0 aliphatic rings. The maximum atomic E-state index is 6.68. The summed E-state index contributed by atoms with van der Waals surface area (Å²) >= 11 is 0. The molecule has 3 heterocycles. The van der Waals surface area contributed by atoms with E-state index >= 15 is 0 Å². The minimum Gasteiger partial charge on any atom is -0.455 e. The van der Waals surface area contributed by atoms with Crippen LogP contribution in [0.3, 0.4) is 0 Å². The topological polar surface area (TPSA) is 56.7 Å². The van der Waals surface area contributed by atoms with Crippen LogP contribution in [0.4, 0.5) is 0 Å². The molecule has 5 nitrogen and oxygen atoms in total. The third-order valence-corrected chi connectivity index (χ3v) is 12.2. The molecule has 0 radical (unpaired) electrons. The predicted molar refractivity (Wildman–Crippen MR) is 248 cm³/mol. The average molecular weight is 765 g/mol. The second-order valence-corrected chi connectivity index (χ2v) is 15.5. The highest BCUT2D eigenvalue weighted by Gasteiger charge is 2.24. The maximum Gasteiger partial charge on any atom is 0.238 e. The Kier molecular flexibility index (Phi) is 6.95. The van der Waals surface area contributed by atoms with Gasteiger partial charge in [-0.3, -0.25) is 4.57 Å². The molecule has 3 aromatic heterocycles. The zero-order valence-corrected chi connectivity index (χ0v) is 32.2. The Morgan fingerprint density at radius 2 is 1.00 bits per heavy atom. The van der Waals surface area contributed by atoms with Gasteiger partial charge in [-0.1, -0.05) is 170 Å². The van der Waals surface area contributed by atoms with E-state index in [-0.39, 0.29) is 0 Å². The Hall–Kier alpha value is -8.15. The van der Waals surface area contributed by atoms with E-state index in [1.165, 1.54) is 21.7 Å². The van der Waals surface area contributed by atoms with E-state index in [4.69, 9.17) is 19.4 Å². The third-order valence-electron chi connectivity index (χ3n) is 12.2. The van der Waals surface area contributed by atoms with Gasteiger partial charge in [-0.15, -0.1) is 0 Å². The Morgan fingerprint density at radius 1 is 0.367 bits per heavy atom. The number of aromatic nitrogens is 4. The molecule has 0 saturated carbocycles. The maximum absolute atomic E-state index is 6.68. The lowest BCUT2D eigenvalue weighted by Crippen LogP contribution is -2.07. The van der Waals surface area contributed by atoms with Crippen molar-refractivity contribution in [2.45, 2.75) is 0 Å². The number of hydrogen-bond donors (Lipinski definition) is 0. The van der Waals surface area contributed by atoms with Crippen LogP contribution in [0, 0.1) is 0 Å². The molecule has 0 fully saturated rings. The quantitative estimate of drug-likeness (QED) is 0.179. The second-order valence-electron chi connectivity index (χ2n) is 15.5. The molecule has 5 heteroatoms. The van der Waals surface area contributed by atoms with Gasteiger partial charge in [-0.2, -0.15) is 9.97 Å². The molecule has 0 bridgehead atoms. The summed E-state index contributed by atoms with van der Waals surface area (Å²) in [6, 6.07) is 68.5. The van der Waals surface area contributed by atoms with Crippen LogP contribution in [0.2, 0.25) is 0 Å². The highest BCUT2D eigenvalue weighted by molar-refractivity contribution is 6.26. The van der Waals surface area contributed by atoms with Gasteiger partial charge in [0.2, 0.25) is 5.95 Å². The minimum absolute atomic E-state index is 0.550. The molecular formula is C55H32N4O. The van der Waals surface area contributed by atoms with Crippen molar-refractivity contribution < 1.29 is 4.42 Å². The summed E-state index contributed by atoms with van der Waals surface area (Å²) in [5.74, 6) is 1.72. The van der Waals surface area contributed by atoms with Gasteiger partial charge < -0.3 is 4.42 Å². The van der Waals surface area contributed by atoms with Gasteiger partial charge in [0, 0.05) is 43.4 Å². The van der Waals surface area contributed by atoms with Crippen molar-refractivity contribution in [1.82, 2.24) is 19.5 Å². The average Bonchev–Trinajstić information content (AvgIpc) is 3.88. The number of para-hydroxylation sites is 1. The Morgan fingerprint density at radius 3 is 1.85 bits per heavy atom. The third kappa shape index (κ3) is 4.84. The summed E-state index contributed by atoms with van der Waals surface area (Å²) in [7, 11) is 0. The lowest BCUT2D eigenvalue weighted by atomic mass is 9.98. The lowest BCUT2D eigenvalue weighted by molar-refractivity contribution is 0.672. The molecule has 10 aromatic carbocycles. The zero-order chi connectivity index (χ0) is 39.3. The number of rotatable bonds is 4. The molecule has 13 rings (SSSR count). The van der Waals surface area contributed by atoms with E-state index in [1.807, 2.05) is 12.1 Å². The van der Waals surface area contributed by atoms with E-state index in [2.05, 4.69) is 187 Å². The van der Waals surface area contributed by atoms with Gasteiger partial charge in [-0.25, -0.2) is 4.98 Å². The SMILES string of the molecule is c1ccc(-c2ccc3c(-c4nc(-c5cc6ccccc6c6oc7ccccc7c56)nc(-n5c6ccc7ccccc7c6c6ccc7ccccc7c65)n4)cccc3c2)cc1. The van der Waals surface area contributed by atoms with E-state index in [1.54, 1.807) is 0 Å². The van der Waals surface area contributed by atoms with E-state index in [0.717, 1.165) is 87.4 Å². The Labute approximate surface area is 343 Å². The predicted octanol–water partition coefficient (Wildman–Crippen LogP) is 14.5. The smallest absolute Gasteiger partial charge is 0.238 e. The Bertz CT molecular complexity index is 3900. The molecule has 13 aromatic rings. The van der Waals surface area contributed by atoms with Crippen molar-refractivity contribution in [1.29, 1.82) is 0 Å². The van der Waals surface area contributed by atoms with Crippen molar-refractivity contribution >= 4 is 86.8 Å². The number of fused-ring (bicyclic) bond motifs is 13. The van der Waals surface area contributed by atoms with Crippen molar-refractivity contribution in [3.8, 4) is 39.9 Å². The molecular weight excluding hydrogens is 733 g/mol. The van der Waals surface area contributed by atoms with Gasteiger partial charge in [-0.05, 0) is 67.7 Å². The van der Waals surface area contributed by atoms with Gasteiger partial charge >= 0.3 is 0 Å². The van der Waals surface area contributed by atoms with Crippen LogP contribution < -0.4 is 0 Å². The molecule has 0 unspecified atom stereocenters. The van der Waals surface area contributed by atoms with Crippen LogP contribution in [0.15, 0.2) is 199 Å². The fraction of sp³-hybridized carbons (Fsp3) is 0. The summed E-state index contributed by atoms with van der Waals surface area (Å²) in [5, 5.41) is 13.3. The van der Waals surface area contributed by atoms with E-state index in [0.29, 0.717) is 17.6 Å². The standard InChI is InChI=1S/C55H32N4O/c1-2-13-33(14-3-1)36-26-28-39-37(31-36)18-12-23-43(39)53-56-54(46-32-38-17-6-9-21-42(38)52-50(46)44-22-10-11-24-48(44)60-52)58-55(57-53)59-47-30-27-34-15-4-7-19-40(34)49(47)45-29-25-35-16-5-8-20-41(35)51(45)59/h1-32H. The zero-order valence-electron chi connectivity index (χ0n) is 32.2. The molecule has 0 aliphatic carbocycles. The molecule has 0 saturated heterocycles. The molecule has 0 amide bonds. The minimum atomic E-state index is 0.550. The molecule has 0 spiro atoms. The summed E-state index contributed by atoms with van der Waals surface area (Å²) in [6.07, 6.45) is 0. The number of furan rings is 1. The fourth-order valence-corrected chi connectivity index (χ4v) is 9.49. The van der Waals surface area contributed by atoms with Crippen molar-refractivity contribution in [3.05, 3.63) is 194 Å². The molecule has 0 N–H and O–H groups in total. The van der Waals surface area contributed by atoms with Gasteiger partial charge in [0.05, 0.1) is 11.0 Å². The van der Waals surface area contributed by atoms with Crippen LogP contribution in [0.5, 0.6) is 0 Å². The first kappa shape index (κ1) is 32.9. The summed E-state index contributed by atoms with van der Waals surface area (Å²) in [4.78, 5) is 16.5. The highest BCUT2D eigenvalue weighted by atomic mass is 16.3. The molecule has 278 valence electrons. The molecule has 0 atom stereocenters. The summed E-state index contributed by atoms with van der Waals surface area (Å²) in [6.45, 7) is 0. The van der Waals surface area contributed by atoms with Crippen molar-refractivity contribution in [2.24, 2.45) is 0 Å². The fourth-order valence-electron chi connectivity index (χ4n) is 9.49. The Balaban J connectivity index is 1.17. The largest absolute Gasteiger partial charge is 0.455 e. The van der Waals surface area contributed by atoms with E-state index in [9.17, 15) is 0 Å². The monoisotopic (exact) mass is 764 g/mol. The van der Waals surface area contributed by atoms with Gasteiger partial charge in [0.25, 0.3) is 0 Å². The normalized spacial score (nSPS) is 12.0. The lowest BCUT2D eigenvalue weighted by Gasteiger charge is -2.14. The van der Waals surface area contributed by atoms with Crippen molar-refractivity contribution in [2.75, 3.05) is 0 Å². The van der Waals surface area contributed by atoms with Crippen LogP contribution in [-0.4, -0.2) is 19.5 Å². The number of hydrogen-bond acceptors (Lipinski definition) is 4. The van der Waals surface area contributed by atoms with Crippen LogP contribution in [-0.2, 0) is 0 Å². The molecule has 60 heavy (non-hydrogen) atoms. The molecule has 0 aliphatic heterocycles. The number of benzene rings is 10. The summed E-state index contributed by atoms with van der Waals surface area (Å²) < 4.78 is 8.94. The first-order valence-electron chi connectivity index (χ1n) is 20.3. The first-order valence-corrected chi connectivity index (χ1v) is 20.3. The van der Waals surface area contributed by atoms with Gasteiger partial charge in [0.1, 0.15) is 11.2 Å². The van der Waals surface area contributed by atoms with Crippen LogP contribution >= 0.6 is 0 Å². The summed E-state index contributed by atoms with van der Waals surface area (Å²) in [5.41, 5.74) is 7.89.